The first-order chi connectivity index (χ1) is 15.0. The Bertz CT molecular complexity index is 1250. The second-order valence-electron chi connectivity index (χ2n) is 7.92. The van der Waals surface area contributed by atoms with Crippen LogP contribution in [0.5, 0.6) is 0 Å². The number of pyridine rings is 1. The van der Waals surface area contributed by atoms with Gasteiger partial charge in [-0.2, -0.15) is 13.2 Å². The number of alkyl halides is 3. The molecule has 32 heavy (non-hydrogen) atoms. The van der Waals surface area contributed by atoms with Crippen molar-refractivity contribution in [3.63, 3.8) is 0 Å². The first kappa shape index (κ1) is 22.9. The number of aryl methyl sites for hydroxylation is 1. The van der Waals surface area contributed by atoms with Crippen LogP contribution in [0.2, 0.25) is 0 Å². The summed E-state index contributed by atoms with van der Waals surface area (Å²) in [5.41, 5.74) is 0.963. The highest BCUT2D eigenvalue weighted by Crippen LogP contribution is 2.45. The van der Waals surface area contributed by atoms with Gasteiger partial charge in [-0.1, -0.05) is 11.3 Å². The number of halogens is 3. The third-order valence-corrected chi connectivity index (χ3v) is 6.77. The summed E-state index contributed by atoms with van der Waals surface area (Å²) in [7, 11) is -3.23. The fourth-order valence-corrected chi connectivity index (χ4v) is 4.68. The molecule has 4 rings (SSSR count). The molecule has 1 aliphatic rings. The molecule has 2 heterocycles. The Morgan fingerprint density at radius 1 is 1.16 bits per heavy atom. The molecule has 1 aromatic carbocycles. The molecule has 2 aromatic heterocycles. The number of nitrogens with zero attached hydrogens (tertiary/aromatic N) is 3. The van der Waals surface area contributed by atoms with Gasteiger partial charge in [0.25, 0.3) is 0 Å². The predicted molar refractivity (Wildman–Crippen MR) is 118 cm³/mol. The van der Waals surface area contributed by atoms with Crippen LogP contribution in [0, 0.1) is 6.92 Å². The number of fused-ring (bicyclic) bond motifs is 1. The minimum Gasteiger partial charge on any atom is -0.360 e. The summed E-state index contributed by atoms with van der Waals surface area (Å²) in [6.45, 7) is 2.52. The van der Waals surface area contributed by atoms with Gasteiger partial charge in [0.1, 0.15) is 5.69 Å². The first-order valence-corrected chi connectivity index (χ1v) is 12.8. The number of anilines is 1. The molecule has 0 amide bonds. The van der Waals surface area contributed by atoms with Crippen LogP contribution >= 0.6 is 11.3 Å². The molecule has 0 radical (unpaired) electrons. The second-order valence-corrected chi connectivity index (χ2v) is 10.7. The lowest BCUT2D eigenvalue weighted by atomic mass is 9.98. The van der Waals surface area contributed by atoms with Gasteiger partial charge in [-0.15, -0.1) is 10.2 Å². The maximum Gasteiger partial charge on any atom is 0.418 e. The molecule has 0 aliphatic heterocycles. The Labute approximate surface area is 187 Å². The van der Waals surface area contributed by atoms with E-state index in [0.717, 1.165) is 24.7 Å². The van der Waals surface area contributed by atoms with E-state index < -0.39 is 21.8 Å². The summed E-state index contributed by atoms with van der Waals surface area (Å²) < 4.78 is 65.9. The van der Waals surface area contributed by atoms with Crippen LogP contribution in [0.25, 0.3) is 21.6 Å². The SMILES string of the molecule is Cc1cc(-c2nnc(NCCCNS(C)(=O)=O)s2)nc2c(C(F)(F)F)cc(C3CC3)cc12. The number of benzene rings is 1. The van der Waals surface area contributed by atoms with Crippen molar-refractivity contribution in [2.75, 3.05) is 24.7 Å². The standard InChI is InChI=1S/C20H22F3N5O2S2/c1-11-8-16(18-27-28-19(31-18)24-6-3-7-25-32(2,29)30)26-17-14(11)9-13(12-4-5-12)10-15(17)20(21,22)23/h8-10,12,25H,3-7H2,1-2H3,(H,24,28). The van der Waals surface area contributed by atoms with Crippen LogP contribution in [-0.4, -0.2) is 42.9 Å². The van der Waals surface area contributed by atoms with Gasteiger partial charge in [-0.3, -0.25) is 0 Å². The molecular formula is C20H22F3N5O2S2. The van der Waals surface area contributed by atoms with Gasteiger partial charge >= 0.3 is 6.18 Å². The summed E-state index contributed by atoms with van der Waals surface area (Å²) in [6, 6.07) is 4.79. The van der Waals surface area contributed by atoms with E-state index in [1.54, 1.807) is 13.0 Å². The van der Waals surface area contributed by atoms with E-state index in [1.165, 1.54) is 17.4 Å². The molecule has 1 aliphatic carbocycles. The van der Waals surface area contributed by atoms with Crippen LogP contribution in [0.1, 0.15) is 41.9 Å². The summed E-state index contributed by atoms with van der Waals surface area (Å²) in [5, 5.41) is 12.5. The summed E-state index contributed by atoms with van der Waals surface area (Å²) in [4.78, 5) is 4.33. The summed E-state index contributed by atoms with van der Waals surface area (Å²) in [5.74, 6) is 0.198. The molecule has 0 bridgehead atoms. The van der Waals surface area contributed by atoms with Gasteiger partial charge in [-0.25, -0.2) is 18.1 Å². The number of hydrogen-bond donors (Lipinski definition) is 2. The van der Waals surface area contributed by atoms with Gasteiger partial charge in [0, 0.05) is 18.5 Å². The zero-order valence-corrected chi connectivity index (χ0v) is 19.1. The molecule has 12 heteroatoms. The molecule has 0 atom stereocenters. The van der Waals surface area contributed by atoms with Crippen LogP contribution in [0.4, 0.5) is 18.3 Å². The molecule has 1 saturated carbocycles. The Morgan fingerprint density at radius 3 is 2.56 bits per heavy atom. The monoisotopic (exact) mass is 485 g/mol. The van der Waals surface area contributed by atoms with Crippen molar-refractivity contribution < 1.29 is 21.6 Å². The van der Waals surface area contributed by atoms with E-state index >= 15 is 0 Å². The molecule has 1 fully saturated rings. The lowest BCUT2D eigenvalue weighted by Gasteiger charge is -2.14. The fourth-order valence-electron chi connectivity index (χ4n) is 3.43. The topological polar surface area (TPSA) is 96.9 Å². The predicted octanol–water partition coefficient (Wildman–Crippen LogP) is 4.31. The van der Waals surface area contributed by atoms with E-state index in [0.29, 0.717) is 39.7 Å². The average Bonchev–Trinajstić information content (AvgIpc) is 3.43. The van der Waals surface area contributed by atoms with Crippen LogP contribution in [0.3, 0.4) is 0 Å². The summed E-state index contributed by atoms with van der Waals surface area (Å²) in [6.07, 6.45) is -1.05. The Morgan fingerprint density at radius 2 is 1.91 bits per heavy atom. The van der Waals surface area contributed by atoms with Gasteiger partial charge < -0.3 is 5.32 Å². The van der Waals surface area contributed by atoms with E-state index in [2.05, 4.69) is 25.2 Å². The maximum atomic E-state index is 13.8. The summed E-state index contributed by atoms with van der Waals surface area (Å²) >= 11 is 1.18. The van der Waals surface area contributed by atoms with Crippen LogP contribution < -0.4 is 10.0 Å². The first-order valence-electron chi connectivity index (χ1n) is 10.1. The Hall–Kier alpha value is -2.31. The molecule has 0 saturated heterocycles. The highest BCUT2D eigenvalue weighted by atomic mass is 32.2. The lowest BCUT2D eigenvalue weighted by molar-refractivity contribution is -0.136. The smallest absolute Gasteiger partial charge is 0.360 e. The maximum absolute atomic E-state index is 13.8. The minimum atomic E-state index is -4.50. The molecule has 3 aromatic rings. The normalized spacial score (nSPS) is 14.8. The number of hydrogen-bond acceptors (Lipinski definition) is 7. The van der Waals surface area contributed by atoms with Gasteiger partial charge in [0.05, 0.1) is 17.3 Å². The highest BCUT2D eigenvalue weighted by Gasteiger charge is 2.36. The van der Waals surface area contributed by atoms with E-state index in [9.17, 15) is 21.6 Å². The molecular weight excluding hydrogens is 463 g/mol. The van der Waals surface area contributed by atoms with Crippen molar-refractivity contribution in [3.8, 4) is 10.7 Å². The number of sulfonamides is 1. The van der Waals surface area contributed by atoms with Crippen molar-refractivity contribution in [2.24, 2.45) is 0 Å². The third-order valence-electron chi connectivity index (χ3n) is 5.13. The van der Waals surface area contributed by atoms with Crippen molar-refractivity contribution in [1.29, 1.82) is 0 Å². The van der Waals surface area contributed by atoms with Crippen LogP contribution in [-0.2, 0) is 16.2 Å². The van der Waals surface area contributed by atoms with Gasteiger partial charge in [-0.05, 0) is 61.4 Å². The minimum absolute atomic E-state index is 0.0755. The molecule has 172 valence electrons. The van der Waals surface area contributed by atoms with Crippen molar-refractivity contribution in [3.05, 3.63) is 34.9 Å². The number of rotatable bonds is 8. The van der Waals surface area contributed by atoms with Gasteiger partial charge in [0.2, 0.25) is 15.2 Å². The van der Waals surface area contributed by atoms with Crippen molar-refractivity contribution in [2.45, 2.75) is 38.3 Å². The molecule has 2 N–H and O–H groups in total. The molecule has 0 unspecified atom stereocenters. The lowest BCUT2D eigenvalue weighted by Crippen LogP contribution is -2.24. The van der Waals surface area contributed by atoms with E-state index in [4.69, 9.17) is 0 Å². The quantitative estimate of drug-likeness (QED) is 0.462. The third kappa shape index (κ3) is 5.36. The van der Waals surface area contributed by atoms with E-state index in [-0.39, 0.29) is 18.0 Å². The Balaban J connectivity index is 1.58. The average molecular weight is 486 g/mol. The second kappa shape index (κ2) is 8.56. The van der Waals surface area contributed by atoms with Crippen LogP contribution in [0.15, 0.2) is 18.2 Å². The zero-order chi connectivity index (χ0) is 23.1. The van der Waals surface area contributed by atoms with Crippen molar-refractivity contribution >= 4 is 37.4 Å². The number of nitrogens with one attached hydrogen (secondary N) is 2. The largest absolute Gasteiger partial charge is 0.418 e. The highest BCUT2D eigenvalue weighted by molar-refractivity contribution is 7.88. The number of aromatic nitrogens is 3. The molecule has 0 spiro atoms. The van der Waals surface area contributed by atoms with Gasteiger partial charge in [0.15, 0.2) is 5.01 Å². The fraction of sp³-hybridized carbons (Fsp3) is 0.450. The van der Waals surface area contributed by atoms with E-state index in [1.807, 2.05) is 6.07 Å². The van der Waals surface area contributed by atoms with Crippen molar-refractivity contribution in [1.82, 2.24) is 19.9 Å². The molecule has 7 nitrogen and oxygen atoms in total. The Kier molecular flexibility index (Phi) is 6.12. The zero-order valence-electron chi connectivity index (χ0n) is 17.5.